The van der Waals surface area contributed by atoms with Crippen molar-refractivity contribution < 1.29 is 0 Å². The standard InChI is InChI=1S/C10H6BrClN2/c11-10-9(5-13-6-14-10)7-2-1-3-8(12)4-7/h1-6H. The topological polar surface area (TPSA) is 25.8 Å². The van der Waals surface area contributed by atoms with Gasteiger partial charge in [0, 0.05) is 16.8 Å². The molecule has 0 aliphatic carbocycles. The summed E-state index contributed by atoms with van der Waals surface area (Å²) < 4.78 is 0.773. The van der Waals surface area contributed by atoms with E-state index in [1.165, 1.54) is 6.33 Å². The molecule has 0 atom stereocenters. The van der Waals surface area contributed by atoms with Gasteiger partial charge in [-0.25, -0.2) is 9.97 Å². The third-order valence-electron chi connectivity index (χ3n) is 1.80. The maximum absolute atomic E-state index is 5.89. The van der Waals surface area contributed by atoms with E-state index in [1.807, 2.05) is 24.3 Å². The highest BCUT2D eigenvalue weighted by Crippen LogP contribution is 2.26. The van der Waals surface area contributed by atoms with Crippen molar-refractivity contribution in [3.05, 3.63) is 46.4 Å². The molecule has 2 nitrogen and oxygen atoms in total. The first-order chi connectivity index (χ1) is 6.77. The van der Waals surface area contributed by atoms with Crippen molar-refractivity contribution in [1.82, 2.24) is 9.97 Å². The predicted molar refractivity (Wildman–Crippen MR) is 60.2 cm³/mol. The Labute approximate surface area is 95.1 Å². The molecule has 0 saturated heterocycles. The Balaban J connectivity index is 2.55. The molecule has 0 N–H and O–H groups in total. The molecule has 1 aromatic heterocycles. The summed E-state index contributed by atoms with van der Waals surface area (Å²) in [6.07, 6.45) is 3.25. The summed E-state index contributed by atoms with van der Waals surface area (Å²) in [5.41, 5.74) is 1.94. The molecule has 0 amide bonds. The van der Waals surface area contributed by atoms with Gasteiger partial charge in [0.25, 0.3) is 0 Å². The number of hydrogen-bond donors (Lipinski definition) is 0. The smallest absolute Gasteiger partial charge is 0.117 e. The van der Waals surface area contributed by atoms with Crippen molar-refractivity contribution in [3.63, 3.8) is 0 Å². The first kappa shape index (κ1) is 9.62. The van der Waals surface area contributed by atoms with Crippen LogP contribution in [-0.4, -0.2) is 9.97 Å². The van der Waals surface area contributed by atoms with Crippen molar-refractivity contribution >= 4 is 27.5 Å². The Hall–Kier alpha value is -0.930. The van der Waals surface area contributed by atoms with Gasteiger partial charge in [-0.05, 0) is 33.6 Å². The van der Waals surface area contributed by atoms with Gasteiger partial charge in [-0.2, -0.15) is 0 Å². The van der Waals surface area contributed by atoms with E-state index in [0.717, 1.165) is 15.7 Å². The number of rotatable bonds is 1. The van der Waals surface area contributed by atoms with Crippen LogP contribution < -0.4 is 0 Å². The maximum atomic E-state index is 5.89. The molecular formula is C10H6BrClN2. The molecule has 1 heterocycles. The summed E-state index contributed by atoms with van der Waals surface area (Å²) in [6, 6.07) is 7.58. The van der Waals surface area contributed by atoms with Crippen LogP contribution in [0.3, 0.4) is 0 Å². The number of hydrogen-bond acceptors (Lipinski definition) is 2. The van der Waals surface area contributed by atoms with Crippen LogP contribution in [0.1, 0.15) is 0 Å². The molecule has 0 fully saturated rings. The van der Waals surface area contributed by atoms with Gasteiger partial charge >= 0.3 is 0 Å². The van der Waals surface area contributed by atoms with E-state index in [1.54, 1.807) is 6.20 Å². The molecule has 0 unspecified atom stereocenters. The van der Waals surface area contributed by atoms with Crippen molar-refractivity contribution in [2.24, 2.45) is 0 Å². The number of aromatic nitrogens is 2. The lowest BCUT2D eigenvalue weighted by Crippen LogP contribution is -1.85. The van der Waals surface area contributed by atoms with Crippen LogP contribution in [0, 0.1) is 0 Å². The van der Waals surface area contributed by atoms with Crippen LogP contribution >= 0.6 is 27.5 Å². The molecular weight excluding hydrogens is 263 g/mol. The third kappa shape index (κ3) is 1.94. The van der Waals surface area contributed by atoms with E-state index in [9.17, 15) is 0 Å². The molecule has 0 spiro atoms. The molecule has 0 bridgehead atoms. The van der Waals surface area contributed by atoms with Crippen molar-refractivity contribution in [1.29, 1.82) is 0 Å². The van der Waals surface area contributed by atoms with Gasteiger partial charge in [0.1, 0.15) is 10.9 Å². The van der Waals surface area contributed by atoms with Gasteiger partial charge in [0.15, 0.2) is 0 Å². The quantitative estimate of drug-likeness (QED) is 0.740. The van der Waals surface area contributed by atoms with Crippen LogP contribution in [0.25, 0.3) is 11.1 Å². The fourth-order valence-corrected chi connectivity index (χ4v) is 1.78. The highest BCUT2D eigenvalue weighted by Gasteiger charge is 2.03. The summed E-state index contributed by atoms with van der Waals surface area (Å²) in [5, 5.41) is 0.707. The van der Waals surface area contributed by atoms with Crippen LogP contribution in [0.2, 0.25) is 5.02 Å². The Morgan fingerprint density at radius 1 is 1.29 bits per heavy atom. The second-order valence-corrected chi connectivity index (χ2v) is 3.93. The monoisotopic (exact) mass is 268 g/mol. The molecule has 1 aromatic carbocycles. The van der Waals surface area contributed by atoms with Crippen LogP contribution in [0.15, 0.2) is 41.4 Å². The number of benzene rings is 1. The van der Waals surface area contributed by atoms with Gasteiger partial charge in [-0.1, -0.05) is 23.7 Å². The zero-order valence-corrected chi connectivity index (χ0v) is 9.46. The van der Waals surface area contributed by atoms with Gasteiger partial charge in [-0.15, -0.1) is 0 Å². The van der Waals surface area contributed by atoms with Crippen molar-refractivity contribution in [2.75, 3.05) is 0 Å². The Morgan fingerprint density at radius 3 is 2.86 bits per heavy atom. The van der Waals surface area contributed by atoms with Gasteiger partial charge in [0.05, 0.1) is 0 Å². The normalized spacial score (nSPS) is 10.1. The second-order valence-electron chi connectivity index (χ2n) is 2.74. The van der Waals surface area contributed by atoms with Gasteiger partial charge in [0.2, 0.25) is 0 Å². The maximum Gasteiger partial charge on any atom is 0.117 e. The molecule has 4 heteroatoms. The minimum absolute atomic E-state index is 0.707. The fourth-order valence-electron chi connectivity index (χ4n) is 1.16. The lowest BCUT2D eigenvalue weighted by atomic mass is 10.1. The molecule has 2 aromatic rings. The summed E-state index contributed by atoms with van der Waals surface area (Å²) in [5.74, 6) is 0. The highest BCUT2D eigenvalue weighted by molar-refractivity contribution is 9.10. The average molecular weight is 270 g/mol. The van der Waals surface area contributed by atoms with E-state index < -0.39 is 0 Å². The summed E-state index contributed by atoms with van der Waals surface area (Å²) in [7, 11) is 0. The van der Waals surface area contributed by atoms with Crippen molar-refractivity contribution in [3.8, 4) is 11.1 Å². The summed E-state index contributed by atoms with van der Waals surface area (Å²) in [4.78, 5) is 8.02. The number of nitrogens with zero attached hydrogens (tertiary/aromatic N) is 2. The first-order valence-electron chi connectivity index (χ1n) is 3.99. The summed E-state index contributed by atoms with van der Waals surface area (Å²) in [6.45, 7) is 0. The Morgan fingerprint density at radius 2 is 2.14 bits per heavy atom. The molecule has 70 valence electrons. The van der Waals surface area contributed by atoms with E-state index in [4.69, 9.17) is 11.6 Å². The number of halogens is 2. The first-order valence-corrected chi connectivity index (χ1v) is 5.16. The second kappa shape index (κ2) is 4.07. The predicted octanol–water partition coefficient (Wildman–Crippen LogP) is 3.56. The molecule has 0 saturated carbocycles. The zero-order chi connectivity index (χ0) is 9.97. The fraction of sp³-hybridized carbons (Fsp3) is 0. The van der Waals surface area contributed by atoms with E-state index in [2.05, 4.69) is 25.9 Å². The minimum atomic E-state index is 0.707. The minimum Gasteiger partial charge on any atom is -0.244 e. The largest absolute Gasteiger partial charge is 0.244 e. The van der Waals surface area contributed by atoms with Gasteiger partial charge < -0.3 is 0 Å². The lowest BCUT2D eigenvalue weighted by Gasteiger charge is -2.02. The van der Waals surface area contributed by atoms with E-state index in [0.29, 0.717) is 5.02 Å². The van der Waals surface area contributed by atoms with Gasteiger partial charge in [-0.3, -0.25) is 0 Å². The summed E-state index contributed by atoms with van der Waals surface area (Å²) >= 11 is 9.25. The molecule has 0 aliphatic heterocycles. The SMILES string of the molecule is Clc1cccc(-c2cncnc2Br)c1. The molecule has 0 aliphatic rings. The Kier molecular flexibility index (Phi) is 2.79. The molecule has 2 rings (SSSR count). The van der Waals surface area contributed by atoms with Crippen LogP contribution in [0.5, 0.6) is 0 Å². The van der Waals surface area contributed by atoms with E-state index >= 15 is 0 Å². The third-order valence-corrected chi connectivity index (χ3v) is 2.67. The zero-order valence-electron chi connectivity index (χ0n) is 7.11. The van der Waals surface area contributed by atoms with E-state index in [-0.39, 0.29) is 0 Å². The van der Waals surface area contributed by atoms with Crippen molar-refractivity contribution in [2.45, 2.75) is 0 Å². The average Bonchev–Trinajstić information content (AvgIpc) is 2.18. The Bertz CT molecular complexity index is 459. The molecule has 0 radical (unpaired) electrons. The molecule has 14 heavy (non-hydrogen) atoms. The highest BCUT2D eigenvalue weighted by atomic mass is 79.9. The lowest BCUT2D eigenvalue weighted by molar-refractivity contribution is 1.14. The van der Waals surface area contributed by atoms with Crippen LogP contribution in [-0.2, 0) is 0 Å². The van der Waals surface area contributed by atoms with Crippen LogP contribution in [0.4, 0.5) is 0 Å².